The maximum Gasteiger partial charge on any atom is 0.420 e. The molecule has 0 bridgehead atoms. The molecular weight excluding hydrogens is 815 g/mol. The number of alkyl halides is 3. The van der Waals surface area contributed by atoms with E-state index in [4.69, 9.17) is 19.2 Å². The lowest BCUT2D eigenvalue weighted by Gasteiger charge is -2.35. The lowest BCUT2D eigenvalue weighted by molar-refractivity contribution is -0.203. The second-order valence-corrected chi connectivity index (χ2v) is 16.0. The van der Waals surface area contributed by atoms with Crippen LogP contribution in [0.2, 0.25) is 0 Å². The summed E-state index contributed by atoms with van der Waals surface area (Å²) in [5.41, 5.74) is 2.04. The Balaban J connectivity index is 0.968. The predicted molar refractivity (Wildman–Crippen MR) is 215 cm³/mol. The van der Waals surface area contributed by atoms with E-state index in [2.05, 4.69) is 16.0 Å². The summed E-state index contributed by atoms with van der Waals surface area (Å²) in [7, 11) is 0. The van der Waals surface area contributed by atoms with E-state index in [-0.39, 0.29) is 63.8 Å². The number of hydrogen-bond donors (Lipinski definition) is 4. The van der Waals surface area contributed by atoms with E-state index in [0.29, 0.717) is 28.5 Å². The van der Waals surface area contributed by atoms with Gasteiger partial charge < -0.3 is 35.3 Å². The largest absolute Gasteiger partial charge is 0.458 e. The van der Waals surface area contributed by atoms with E-state index >= 15 is 17.6 Å². The second kappa shape index (κ2) is 14.2. The third-order valence-electron chi connectivity index (χ3n) is 12.7. The number of halogens is 4. The maximum absolute atomic E-state index is 15.3. The Morgan fingerprint density at radius 2 is 1.76 bits per heavy atom. The molecule has 2 amide bonds. The number of benzene rings is 3. The summed E-state index contributed by atoms with van der Waals surface area (Å²) in [4.78, 5) is 57.7. The SMILES string of the molecule is CC[C@@]1(O)C(=O)OCc2c1cc1c3nc4cc(F)c(C)c5c4c4c3c(n1c2=O)=C(C(OCNC(=O)CNC(=O)OCC1c2ccccc2-c2ccccc21)C(F)(F)F)N[C@H]4CC5. The number of aryl methyl sites for hydroxylation is 1. The fourth-order valence-electron chi connectivity index (χ4n) is 9.76. The average molecular weight is 852 g/mol. The molecule has 0 saturated heterocycles. The molecule has 17 heteroatoms. The normalized spacial score (nSPS) is 19.2. The molecule has 0 radical (unpaired) electrons. The molecule has 6 aromatic rings. The lowest BCUT2D eigenvalue weighted by Crippen LogP contribution is -2.49. The topological polar surface area (TPSA) is 170 Å². The predicted octanol–water partition coefficient (Wildman–Crippen LogP) is 5.08. The van der Waals surface area contributed by atoms with Crippen molar-refractivity contribution in [2.24, 2.45) is 0 Å². The minimum absolute atomic E-state index is 0.0138. The first kappa shape index (κ1) is 39.5. The van der Waals surface area contributed by atoms with Crippen molar-refractivity contribution in [2.75, 3.05) is 19.9 Å². The zero-order valence-electron chi connectivity index (χ0n) is 33.2. The Labute approximate surface area is 348 Å². The first-order valence-corrected chi connectivity index (χ1v) is 20.1. The van der Waals surface area contributed by atoms with Gasteiger partial charge in [-0.15, -0.1) is 0 Å². The van der Waals surface area contributed by atoms with Crippen LogP contribution in [-0.2, 0) is 42.4 Å². The maximum atomic E-state index is 15.3. The summed E-state index contributed by atoms with van der Waals surface area (Å²) in [6, 6.07) is 17.4. The number of ether oxygens (including phenoxy) is 3. The second-order valence-electron chi connectivity index (χ2n) is 16.0. The third-order valence-corrected chi connectivity index (χ3v) is 12.7. The summed E-state index contributed by atoms with van der Waals surface area (Å²) in [5, 5.41) is 19.6. The molecule has 3 aromatic carbocycles. The van der Waals surface area contributed by atoms with Crippen LogP contribution in [0.15, 0.2) is 65.5 Å². The minimum Gasteiger partial charge on any atom is -0.458 e. The molecule has 5 heterocycles. The first-order chi connectivity index (χ1) is 29.7. The van der Waals surface area contributed by atoms with E-state index in [1.165, 1.54) is 19.1 Å². The fraction of sp³-hybridized carbons (Fsp3) is 0.311. The summed E-state index contributed by atoms with van der Waals surface area (Å²) in [6.07, 6.45) is -8.37. The van der Waals surface area contributed by atoms with Crippen LogP contribution in [0.5, 0.6) is 0 Å². The van der Waals surface area contributed by atoms with Crippen LogP contribution in [-0.4, -0.2) is 64.6 Å². The molecule has 0 spiro atoms. The van der Waals surface area contributed by atoms with Crippen molar-refractivity contribution in [3.8, 4) is 11.1 Å². The van der Waals surface area contributed by atoms with Crippen LogP contribution in [0.3, 0.4) is 0 Å². The van der Waals surface area contributed by atoms with Gasteiger partial charge in [-0.2, -0.15) is 13.2 Å². The number of hydrogen-bond acceptors (Lipinski definition) is 10. The molecule has 3 aromatic heterocycles. The molecule has 0 saturated carbocycles. The van der Waals surface area contributed by atoms with E-state index in [0.717, 1.165) is 26.7 Å². The van der Waals surface area contributed by atoms with Gasteiger partial charge in [0.05, 0.1) is 39.2 Å². The number of rotatable bonds is 9. The van der Waals surface area contributed by atoms with Crippen molar-refractivity contribution in [2.45, 2.75) is 69.6 Å². The van der Waals surface area contributed by atoms with Gasteiger partial charge in [0.2, 0.25) is 5.91 Å². The summed E-state index contributed by atoms with van der Waals surface area (Å²) in [5.74, 6) is -2.60. The Morgan fingerprint density at radius 1 is 1.05 bits per heavy atom. The monoisotopic (exact) mass is 851 g/mol. The van der Waals surface area contributed by atoms with Crippen molar-refractivity contribution in [3.05, 3.63) is 121 Å². The number of aliphatic hydroxyl groups is 1. The van der Waals surface area contributed by atoms with Gasteiger partial charge in [0.1, 0.15) is 32.3 Å². The molecule has 2 aliphatic heterocycles. The van der Waals surface area contributed by atoms with Crippen molar-refractivity contribution in [1.82, 2.24) is 25.3 Å². The Kier molecular flexibility index (Phi) is 9.08. The average Bonchev–Trinajstić information content (AvgIpc) is 3.76. The van der Waals surface area contributed by atoms with E-state index in [9.17, 15) is 24.3 Å². The number of cyclic esters (lactones) is 1. The third kappa shape index (κ3) is 5.85. The van der Waals surface area contributed by atoms with Crippen LogP contribution < -0.4 is 26.9 Å². The molecule has 10 rings (SSSR count). The van der Waals surface area contributed by atoms with Crippen molar-refractivity contribution in [3.63, 3.8) is 0 Å². The highest BCUT2D eigenvalue weighted by Crippen LogP contribution is 2.46. The van der Waals surface area contributed by atoms with Crippen LogP contribution in [0.1, 0.15) is 70.7 Å². The van der Waals surface area contributed by atoms with Gasteiger partial charge in [-0.1, -0.05) is 55.5 Å². The molecule has 4 aliphatic rings. The fourth-order valence-corrected chi connectivity index (χ4v) is 9.76. The van der Waals surface area contributed by atoms with E-state index in [1.54, 1.807) is 6.92 Å². The molecule has 62 heavy (non-hydrogen) atoms. The molecule has 1 unspecified atom stereocenters. The number of esters is 1. The highest BCUT2D eigenvalue weighted by atomic mass is 19.4. The summed E-state index contributed by atoms with van der Waals surface area (Å²) < 4.78 is 78.3. The van der Waals surface area contributed by atoms with Crippen molar-refractivity contribution in [1.29, 1.82) is 0 Å². The van der Waals surface area contributed by atoms with Crippen LogP contribution in [0.25, 0.3) is 44.1 Å². The van der Waals surface area contributed by atoms with Crippen molar-refractivity contribution >= 4 is 51.0 Å². The van der Waals surface area contributed by atoms with E-state index in [1.807, 2.05) is 48.5 Å². The van der Waals surface area contributed by atoms with Gasteiger partial charge in [-0.3, -0.25) is 14.0 Å². The summed E-state index contributed by atoms with van der Waals surface area (Å²) in [6.45, 7) is 0.987. The van der Waals surface area contributed by atoms with Crippen molar-refractivity contribution < 1.29 is 51.3 Å². The van der Waals surface area contributed by atoms with Crippen LogP contribution in [0, 0.1) is 12.7 Å². The smallest absolute Gasteiger partial charge is 0.420 e. The number of nitrogens with zero attached hydrogens (tertiary/aromatic N) is 2. The number of carbonyl (C=O) groups is 3. The Morgan fingerprint density at radius 3 is 2.45 bits per heavy atom. The molecule has 3 atom stereocenters. The van der Waals surface area contributed by atoms with Gasteiger partial charge in [0.15, 0.2) is 11.7 Å². The number of pyridine rings is 2. The minimum atomic E-state index is -5.11. The van der Waals surface area contributed by atoms with Gasteiger partial charge in [-0.05, 0) is 71.2 Å². The lowest BCUT2D eigenvalue weighted by atomic mass is 9.81. The molecule has 2 aliphatic carbocycles. The van der Waals surface area contributed by atoms with E-state index < -0.39 is 78.8 Å². The highest BCUT2D eigenvalue weighted by Gasteiger charge is 2.49. The van der Waals surface area contributed by atoms with Gasteiger partial charge >= 0.3 is 18.2 Å². The number of alkyl carbamates (subject to hydrolysis) is 1. The summed E-state index contributed by atoms with van der Waals surface area (Å²) >= 11 is 0. The molecule has 13 nitrogen and oxygen atoms in total. The number of fused-ring (bicyclic) bond motifs is 7. The van der Waals surface area contributed by atoms with Gasteiger partial charge in [0, 0.05) is 28.3 Å². The van der Waals surface area contributed by atoms with Gasteiger partial charge in [0.25, 0.3) is 5.56 Å². The standard InChI is InChI=1S/C45H37F4N5O8/c1-3-44(59)28-14-32-37-36-35-30(13-12-21-20(2)29(46)15-31(53-37)34(21)35)52-38(39(36)54(32)41(56)27(28)18-60-42(44)57)40(45(47,48)49)62-19-51-33(55)16-50-43(58)61-17-26-24-10-6-4-8-22(24)23-9-5-7-11-25(23)26/h4-11,14-15,26,30,40,52,59H,3,12-13,16-19H2,1-2H3,(H,50,58)(H,51,55)/t30-,40?,44-/m0/s1. The molecule has 4 N–H and O–H groups in total. The zero-order chi connectivity index (χ0) is 43.4. The van der Waals surface area contributed by atoms with Crippen LogP contribution >= 0.6 is 0 Å². The number of aromatic nitrogens is 2. The number of amides is 2. The molecular formula is C45H37F4N5O8. The first-order valence-electron chi connectivity index (χ1n) is 20.1. The zero-order valence-corrected chi connectivity index (χ0v) is 33.2. The highest BCUT2D eigenvalue weighted by molar-refractivity contribution is 6.08. The number of carbonyl (C=O) groups excluding carboxylic acids is 3. The number of nitrogens with one attached hydrogen (secondary N) is 3. The Hall–Kier alpha value is -6.59. The molecule has 318 valence electrons. The molecule has 0 fully saturated rings. The van der Waals surface area contributed by atoms with Gasteiger partial charge in [-0.25, -0.2) is 19.0 Å². The quantitative estimate of drug-likeness (QED) is 0.0875. The van der Waals surface area contributed by atoms with Crippen LogP contribution in [0.4, 0.5) is 22.4 Å². The Bertz CT molecular complexity index is 3030.